The first kappa shape index (κ1) is 12.8. The number of nitro groups is 1. The van der Waals surface area contributed by atoms with Crippen molar-refractivity contribution < 1.29 is 9.66 Å². The van der Waals surface area contributed by atoms with Crippen molar-refractivity contribution in [1.29, 1.82) is 0 Å². The van der Waals surface area contributed by atoms with E-state index in [-0.39, 0.29) is 17.6 Å². The van der Waals surface area contributed by atoms with Gasteiger partial charge < -0.3 is 10.5 Å². The minimum absolute atomic E-state index is 0.0214. The molecular formula is C10H9ClN6O3. The largest absolute Gasteiger partial charge is 0.368 e. The second-order valence-electron chi connectivity index (χ2n) is 4.16. The Morgan fingerprint density at radius 2 is 2.30 bits per heavy atom. The van der Waals surface area contributed by atoms with Crippen LogP contribution in [0.4, 0.5) is 5.95 Å². The van der Waals surface area contributed by atoms with Crippen LogP contribution in [0.25, 0.3) is 11.2 Å². The first-order chi connectivity index (χ1) is 9.54. The van der Waals surface area contributed by atoms with Crippen LogP contribution in [-0.4, -0.2) is 37.1 Å². The molecule has 1 aliphatic heterocycles. The molecule has 20 heavy (non-hydrogen) atoms. The first-order valence-electron chi connectivity index (χ1n) is 5.65. The van der Waals surface area contributed by atoms with Crippen LogP contribution in [0.3, 0.4) is 0 Å². The number of halogens is 1. The van der Waals surface area contributed by atoms with Gasteiger partial charge in [0.1, 0.15) is 11.6 Å². The summed E-state index contributed by atoms with van der Waals surface area (Å²) in [5, 5.41) is 10.6. The molecule has 2 aromatic rings. The SMILES string of the molecule is Nc1nc(Cl)c2ncn([C@H]3C=C[C@@H](C[N+](=O)[O-])O3)c2n1. The number of hydrogen-bond acceptors (Lipinski definition) is 7. The molecule has 0 saturated heterocycles. The lowest BCUT2D eigenvalue weighted by Gasteiger charge is -2.13. The Balaban J connectivity index is 1.93. The highest BCUT2D eigenvalue weighted by atomic mass is 35.5. The Labute approximate surface area is 117 Å². The average molecular weight is 297 g/mol. The van der Waals surface area contributed by atoms with Crippen molar-refractivity contribution in [2.75, 3.05) is 12.3 Å². The normalized spacial score (nSPS) is 21.6. The number of aromatic nitrogens is 4. The molecule has 0 bridgehead atoms. The number of ether oxygens (including phenoxy) is 1. The molecule has 0 spiro atoms. The van der Waals surface area contributed by atoms with Crippen molar-refractivity contribution in [1.82, 2.24) is 19.5 Å². The van der Waals surface area contributed by atoms with Gasteiger partial charge in [0.05, 0.1) is 6.33 Å². The lowest BCUT2D eigenvalue weighted by atomic mass is 10.3. The molecule has 3 rings (SSSR count). The molecule has 9 nitrogen and oxygen atoms in total. The molecule has 0 aromatic carbocycles. The summed E-state index contributed by atoms with van der Waals surface area (Å²) < 4.78 is 7.12. The molecule has 0 fully saturated rings. The summed E-state index contributed by atoms with van der Waals surface area (Å²) >= 11 is 5.92. The number of nitrogens with two attached hydrogens (primary N) is 1. The molecule has 10 heteroatoms. The molecular weight excluding hydrogens is 288 g/mol. The fourth-order valence-electron chi connectivity index (χ4n) is 1.98. The summed E-state index contributed by atoms with van der Waals surface area (Å²) in [4.78, 5) is 22.0. The molecule has 0 unspecified atom stereocenters. The van der Waals surface area contributed by atoms with E-state index in [1.54, 1.807) is 16.7 Å². The molecule has 2 N–H and O–H groups in total. The zero-order valence-corrected chi connectivity index (χ0v) is 10.8. The minimum atomic E-state index is -0.581. The number of anilines is 1. The summed E-state index contributed by atoms with van der Waals surface area (Å²) in [6, 6.07) is 0. The Morgan fingerprint density at radius 1 is 1.50 bits per heavy atom. The zero-order chi connectivity index (χ0) is 14.3. The third kappa shape index (κ3) is 2.17. The maximum atomic E-state index is 10.5. The quantitative estimate of drug-likeness (QED) is 0.384. The Kier molecular flexibility index (Phi) is 2.99. The third-order valence-electron chi connectivity index (χ3n) is 2.80. The Bertz CT molecular complexity index is 714. The van der Waals surface area contributed by atoms with E-state index in [0.29, 0.717) is 11.2 Å². The van der Waals surface area contributed by atoms with Gasteiger partial charge in [-0.25, -0.2) is 4.98 Å². The van der Waals surface area contributed by atoms with Gasteiger partial charge in [0.2, 0.25) is 12.5 Å². The van der Waals surface area contributed by atoms with E-state index in [9.17, 15) is 10.1 Å². The van der Waals surface area contributed by atoms with Crippen molar-refractivity contribution in [3.8, 4) is 0 Å². The molecule has 0 radical (unpaired) electrons. The lowest BCUT2D eigenvalue weighted by Crippen LogP contribution is -2.20. The average Bonchev–Trinajstić information content (AvgIpc) is 2.94. The smallest absolute Gasteiger partial charge is 0.233 e. The highest BCUT2D eigenvalue weighted by molar-refractivity contribution is 6.33. The molecule has 2 aromatic heterocycles. The number of fused-ring (bicyclic) bond motifs is 1. The number of rotatable bonds is 3. The lowest BCUT2D eigenvalue weighted by molar-refractivity contribution is -0.489. The summed E-state index contributed by atoms with van der Waals surface area (Å²) in [6.07, 6.45) is 3.69. The summed E-state index contributed by atoms with van der Waals surface area (Å²) in [6.45, 7) is -0.294. The second kappa shape index (κ2) is 4.69. The fraction of sp³-hybridized carbons (Fsp3) is 0.300. The van der Waals surface area contributed by atoms with Crippen LogP contribution in [0.2, 0.25) is 5.15 Å². The second-order valence-corrected chi connectivity index (χ2v) is 4.52. The first-order valence-corrected chi connectivity index (χ1v) is 6.03. The van der Waals surface area contributed by atoms with Crippen LogP contribution in [0.15, 0.2) is 18.5 Å². The summed E-state index contributed by atoms with van der Waals surface area (Å²) in [5.74, 6) is 0.0214. The van der Waals surface area contributed by atoms with Crippen molar-refractivity contribution in [2.45, 2.75) is 12.3 Å². The van der Waals surface area contributed by atoms with Crippen LogP contribution in [-0.2, 0) is 4.74 Å². The van der Waals surface area contributed by atoms with Crippen LogP contribution in [0.1, 0.15) is 6.23 Å². The van der Waals surface area contributed by atoms with Gasteiger partial charge in [-0.15, -0.1) is 0 Å². The zero-order valence-electron chi connectivity index (χ0n) is 10.0. The molecule has 1 aliphatic rings. The van der Waals surface area contributed by atoms with Gasteiger partial charge in [0.25, 0.3) is 0 Å². The fourth-order valence-corrected chi connectivity index (χ4v) is 2.20. The van der Waals surface area contributed by atoms with Crippen molar-refractivity contribution in [2.24, 2.45) is 0 Å². The predicted octanol–water partition coefficient (Wildman–Crippen LogP) is 0.792. The van der Waals surface area contributed by atoms with Gasteiger partial charge in [-0.2, -0.15) is 9.97 Å². The molecule has 2 atom stereocenters. The van der Waals surface area contributed by atoms with Crippen LogP contribution in [0, 0.1) is 10.1 Å². The molecule has 3 heterocycles. The van der Waals surface area contributed by atoms with E-state index >= 15 is 0 Å². The van der Waals surface area contributed by atoms with Crippen LogP contribution < -0.4 is 5.73 Å². The Morgan fingerprint density at radius 3 is 3.05 bits per heavy atom. The van der Waals surface area contributed by atoms with Gasteiger partial charge in [0.15, 0.2) is 17.0 Å². The predicted molar refractivity (Wildman–Crippen MR) is 69.7 cm³/mol. The number of hydrogen-bond donors (Lipinski definition) is 1. The monoisotopic (exact) mass is 296 g/mol. The molecule has 104 valence electrons. The topological polar surface area (TPSA) is 122 Å². The van der Waals surface area contributed by atoms with E-state index in [1.165, 1.54) is 6.33 Å². The summed E-state index contributed by atoms with van der Waals surface area (Å²) in [7, 11) is 0. The molecule has 0 saturated carbocycles. The molecule has 0 amide bonds. The van der Waals surface area contributed by atoms with Crippen molar-refractivity contribution >= 4 is 28.7 Å². The van der Waals surface area contributed by atoms with Crippen LogP contribution in [0.5, 0.6) is 0 Å². The van der Waals surface area contributed by atoms with E-state index in [1.807, 2.05) is 0 Å². The number of nitrogens with zero attached hydrogens (tertiary/aromatic N) is 5. The Hall–Kier alpha value is -2.26. The van der Waals surface area contributed by atoms with E-state index in [0.717, 1.165) is 0 Å². The highest BCUT2D eigenvalue weighted by Gasteiger charge is 2.26. The van der Waals surface area contributed by atoms with E-state index < -0.39 is 17.3 Å². The van der Waals surface area contributed by atoms with Gasteiger partial charge in [-0.05, 0) is 12.2 Å². The van der Waals surface area contributed by atoms with Gasteiger partial charge in [-0.3, -0.25) is 14.7 Å². The van der Waals surface area contributed by atoms with Crippen molar-refractivity contribution in [3.63, 3.8) is 0 Å². The van der Waals surface area contributed by atoms with Crippen LogP contribution >= 0.6 is 11.6 Å². The van der Waals surface area contributed by atoms with E-state index in [4.69, 9.17) is 22.1 Å². The van der Waals surface area contributed by atoms with Gasteiger partial charge >= 0.3 is 0 Å². The minimum Gasteiger partial charge on any atom is -0.368 e. The maximum Gasteiger partial charge on any atom is 0.233 e. The van der Waals surface area contributed by atoms with E-state index in [2.05, 4.69) is 15.0 Å². The standard InChI is InChI=1S/C10H9ClN6O3/c11-8-7-9(15-10(12)14-8)16(4-13-7)6-2-1-5(20-6)3-17(18)19/h1-2,4-6H,3H2,(H2,12,14,15)/t5-,6+/m0/s1. The highest BCUT2D eigenvalue weighted by Crippen LogP contribution is 2.27. The summed E-state index contributed by atoms with van der Waals surface area (Å²) in [5.41, 5.74) is 6.36. The number of imidazole rings is 1. The van der Waals surface area contributed by atoms with Gasteiger partial charge in [-0.1, -0.05) is 11.6 Å². The van der Waals surface area contributed by atoms with Crippen molar-refractivity contribution in [3.05, 3.63) is 33.7 Å². The van der Waals surface area contributed by atoms with Gasteiger partial charge in [0, 0.05) is 4.92 Å². The number of nitrogen functional groups attached to an aromatic ring is 1. The third-order valence-corrected chi connectivity index (χ3v) is 3.07. The maximum absolute atomic E-state index is 10.5. The molecule has 0 aliphatic carbocycles.